The molecule has 16 bridgehead atoms. The van der Waals surface area contributed by atoms with E-state index in [0.717, 1.165) is 278 Å². The van der Waals surface area contributed by atoms with Crippen LogP contribution in [0.1, 0.15) is 302 Å². The highest BCUT2D eigenvalue weighted by atomic mass is 16.6. The Morgan fingerprint density at radius 3 is 0.733 bits per heavy atom. The molecule has 116 heavy (non-hydrogen) atoms. The number of fused-ring (bicyclic) bond motifs is 16. The molecule has 0 radical (unpaired) electrons. The van der Waals surface area contributed by atoms with Crippen LogP contribution in [0, 0.1) is 27.7 Å². The van der Waals surface area contributed by atoms with Crippen LogP contribution in [0.15, 0.2) is 84.9 Å². The second-order valence-corrected chi connectivity index (χ2v) is 32.7. The Morgan fingerprint density at radius 2 is 0.491 bits per heavy atom. The Bertz CT molecular complexity index is 4680. The largest absolute Gasteiger partial charge is 0.491 e. The van der Waals surface area contributed by atoms with Gasteiger partial charge in [0.25, 0.3) is 0 Å². The van der Waals surface area contributed by atoms with E-state index in [1.54, 1.807) is 0 Å². The Kier molecular flexibility index (Phi) is 31.3. The van der Waals surface area contributed by atoms with E-state index in [1.165, 1.54) is 89.1 Å². The number of allylic oxidation sites excluding steroid dienone is 8. The van der Waals surface area contributed by atoms with Gasteiger partial charge in [-0.2, -0.15) is 0 Å². The van der Waals surface area contributed by atoms with Crippen molar-refractivity contribution in [3.63, 3.8) is 0 Å². The van der Waals surface area contributed by atoms with Crippen LogP contribution < -0.4 is 9.47 Å². The van der Waals surface area contributed by atoms with Gasteiger partial charge < -0.3 is 48.4 Å². The van der Waals surface area contributed by atoms with Gasteiger partial charge in [0, 0.05) is 55.3 Å². The molecule has 0 amide bonds. The molecular weight excluding hydrogens is 1430 g/mol. The van der Waals surface area contributed by atoms with Gasteiger partial charge in [-0.05, 0) is 319 Å². The lowest BCUT2D eigenvalue weighted by Gasteiger charge is -2.13. The molecule has 0 saturated carbocycles. The molecule has 8 aromatic rings. The summed E-state index contributed by atoms with van der Waals surface area (Å²) in [6.07, 6.45) is 25.5. The van der Waals surface area contributed by atoms with Crippen molar-refractivity contribution in [1.29, 1.82) is 0 Å². The average molecular weight is 1570 g/mol. The maximum Gasteiger partial charge on any atom is 0.120 e. The first-order valence-electron chi connectivity index (χ1n) is 44.7. The van der Waals surface area contributed by atoms with Crippen molar-refractivity contribution in [2.24, 2.45) is 0 Å². The highest BCUT2D eigenvalue weighted by Crippen LogP contribution is 2.48. The highest BCUT2D eigenvalue weighted by molar-refractivity contribution is 6.04. The second-order valence-electron chi connectivity index (χ2n) is 32.7. The van der Waals surface area contributed by atoms with E-state index in [-0.39, 0.29) is 0 Å². The molecule has 0 aliphatic carbocycles. The van der Waals surface area contributed by atoms with Gasteiger partial charge in [0.2, 0.25) is 0 Å². The zero-order chi connectivity index (χ0) is 81.8. The number of ether oxygens (including phenoxy) is 6. The lowest BCUT2D eigenvalue weighted by molar-refractivity contribution is -0.00698. The molecule has 0 atom stereocenters. The zero-order valence-electron chi connectivity index (χ0n) is 73.4. The third-order valence-corrected chi connectivity index (χ3v) is 24.4. The summed E-state index contributed by atoms with van der Waals surface area (Å²) in [7, 11) is 0. The smallest absolute Gasteiger partial charge is 0.120 e. The van der Waals surface area contributed by atoms with E-state index < -0.39 is 0 Å². The Labute approximate surface area is 692 Å². The zero-order valence-corrected chi connectivity index (χ0v) is 73.4. The minimum Gasteiger partial charge on any atom is -0.491 e. The summed E-state index contributed by atoms with van der Waals surface area (Å²) in [5.74, 6) is 1.54. The maximum absolute atomic E-state index is 6.53. The van der Waals surface area contributed by atoms with Gasteiger partial charge in [-0.1, -0.05) is 131 Å². The number of hydrogen-bond donors (Lipinski definition) is 4. The molecule has 0 saturated heterocycles. The van der Waals surface area contributed by atoms with Crippen molar-refractivity contribution in [2.45, 2.75) is 265 Å². The summed E-state index contributed by atoms with van der Waals surface area (Å²) in [5.41, 5.74) is 42.3. The van der Waals surface area contributed by atoms with Crippen LogP contribution in [0.25, 0.3) is 111 Å². The SMILES string of the molecule is CCCCC1=C(C)c2nc1cc1[nH]c(cc3[nH]c(cc4nc(c2-c2cccc(OCCOCCOCCOCCOCCOc5cccc(-c6c7nc(cc8[nH]c(cc9[nH]c(cc%10nc6C(C)=C%10CCCC)c(CCCC)c9C)c(C)c8CCCC)C(CCCC)=C7C)c5)c2)C(C)=C4CCCC)c(CCCC)c3C)c(C)c1CCCC. The van der Waals surface area contributed by atoms with Crippen LogP contribution in [0.2, 0.25) is 0 Å². The Hall–Kier alpha value is -8.92. The second kappa shape index (κ2) is 42.0. The topological polar surface area (TPSA) is 170 Å². The molecule has 12 rings (SSSR count). The van der Waals surface area contributed by atoms with Crippen LogP contribution in [0.3, 0.4) is 0 Å². The quantitative estimate of drug-likeness (QED) is 0.0270. The average Bonchev–Trinajstić information content (AvgIpc) is 1.59. The van der Waals surface area contributed by atoms with E-state index in [9.17, 15) is 0 Å². The monoisotopic (exact) mass is 1570 g/mol. The van der Waals surface area contributed by atoms with Crippen molar-refractivity contribution >= 4 is 88.7 Å². The number of unbranched alkanes of at least 4 members (excludes halogenated alkanes) is 8. The summed E-state index contributed by atoms with van der Waals surface area (Å²) in [6.45, 7) is 40.9. The molecule has 10 heterocycles. The maximum atomic E-state index is 6.53. The lowest BCUT2D eigenvalue weighted by atomic mass is 9.92. The van der Waals surface area contributed by atoms with Crippen molar-refractivity contribution in [2.75, 3.05) is 66.1 Å². The molecule has 4 aliphatic heterocycles. The van der Waals surface area contributed by atoms with E-state index in [1.807, 2.05) is 12.1 Å². The van der Waals surface area contributed by atoms with Gasteiger partial charge in [-0.3, -0.25) is 0 Å². The number of aryl methyl sites for hydroxylation is 8. The number of nitrogens with zero attached hydrogens (tertiary/aromatic N) is 4. The van der Waals surface area contributed by atoms with Crippen molar-refractivity contribution in [1.82, 2.24) is 39.9 Å². The first-order valence-corrected chi connectivity index (χ1v) is 44.7. The van der Waals surface area contributed by atoms with Gasteiger partial charge in [0.05, 0.1) is 98.4 Å². The fraction of sp³-hybridized carbons (Fsp3) is 0.490. The van der Waals surface area contributed by atoms with Crippen LogP contribution in [-0.2, 0) is 44.6 Å². The summed E-state index contributed by atoms with van der Waals surface area (Å²) in [6, 6.07) is 31.2. The molecule has 14 heteroatoms. The normalized spacial score (nSPS) is 13.1. The highest BCUT2D eigenvalue weighted by Gasteiger charge is 2.31. The van der Waals surface area contributed by atoms with Gasteiger partial charge in [-0.15, -0.1) is 0 Å². The molecule has 4 aliphatic rings. The summed E-state index contributed by atoms with van der Waals surface area (Å²) < 4.78 is 37.1. The van der Waals surface area contributed by atoms with Crippen LogP contribution >= 0.6 is 0 Å². The van der Waals surface area contributed by atoms with Gasteiger partial charge >= 0.3 is 0 Å². The van der Waals surface area contributed by atoms with Crippen molar-refractivity contribution in [3.05, 3.63) is 175 Å². The molecule has 4 N–H and O–H groups in total. The van der Waals surface area contributed by atoms with E-state index in [2.05, 4.69) is 204 Å². The summed E-state index contributed by atoms with van der Waals surface area (Å²) in [4.78, 5) is 38.8. The van der Waals surface area contributed by atoms with E-state index >= 15 is 0 Å². The minimum atomic E-state index is 0.387. The van der Waals surface area contributed by atoms with E-state index in [0.29, 0.717) is 66.1 Å². The molecular formula is C102H134N8O6. The first-order chi connectivity index (χ1) is 56.6. The molecule has 6 aromatic heterocycles. The molecule has 0 unspecified atom stereocenters. The van der Waals surface area contributed by atoms with Gasteiger partial charge in [0.1, 0.15) is 24.7 Å². The van der Waals surface area contributed by atoms with Crippen LogP contribution in [-0.4, -0.2) is 106 Å². The summed E-state index contributed by atoms with van der Waals surface area (Å²) in [5, 5.41) is 0. The van der Waals surface area contributed by atoms with Gasteiger partial charge in [0.15, 0.2) is 0 Å². The minimum absolute atomic E-state index is 0.387. The number of benzene rings is 2. The van der Waals surface area contributed by atoms with Crippen LogP contribution in [0.5, 0.6) is 11.5 Å². The Balaban J connectivity index is 0.692. The number of aromatic amines is 4. The molecule has 14 nitrogen and oxygen atoms in total. The number of nitrogens with one attached hydrogen (secondary N) is 4. The third kappa shape index (κ3) is 20.1. The number of rotatable bonds is 43. The van der Waals surface area contributed by atoms with Crippen molar-refractivity contribution < 1.29 is 28.4 Å². The molecule has 618 valence electrons. The van der Waals surface area contributed by atoms with Gasteiger partial charge in [-0.25, -0.2) is 19.9 Å². The first kappa shape index (κ1) is 86.4. The number of hydrogen-bond acceptors (Lipinski definition) is 10. The van der Waals surface area contributed by atoms with E-state index in [4.69, 9.17) is 48.4 Å². The summed E-state index contributed by atoms with van der Waals surface area (Å²) >= 11 is 0. The fourth-order valence-electron chi connectivity index (χ4n) is 17.3. The lowest BCUT2D eigenvalue weighted by Crippen LogP contribution is -2.14. The number of H-pyrrole nitrogens is 4. The standard InChI is InChI=1S/C102H134N8O6/c1-17-25-39-77-65(9)85-59-86-66(10)78(40-26-18-2)90(104-86)62-94-82(44-30-22-6)70(14)100(108-94)97(99-69(13)81(43-29-21-5)93(107-99)61-89(77)103-85)73-35-33-37-75(57-73)115-55-53-113-51-49-111-47-48-112-50-52-114-54-56-116-76-38-34-36-74(58-76)98-101-71(15)83(45-31-23-7)95(109-101)63-91-79(41-27-19-3)67(11)87(105-91)60-88-68(12)80(42-28-20-4)92(106-88)64-96-84(46-32-24-8)72(16)102(98)110-96/h33-38,57-64,103-106H,17-32,39-56H2,1-16H3. The Morgan fingerprint density at radius 1 is 0.259 bits per heavy atom. The number of aromatic nitrogens is 8. The molecule has 0 fully saturated rings. The van der Waals surface area contributed by atoms with Crippen LogP contribution in [0.4, 0.5) is 0 Å². The van der Waals surface area contributed by atoms with Crippen molar-refractivity contribution in [3.8, 4) is 33.8 Å². The predicted molar refractivity (Wildman–Crippen MR) is 489 cm³/mol. The third-order valence-electron chi connectivity index (χ3n) is 24.4. The fourth-order valence-corrected chi connectivity index (χ4v) is 17.3. The molecule has 2 aromatic carbocycles. The molecule has 0 spiro atoms. The predicted octanol–water partition coefficient (Wildman–Crippen LogP) is 26.9.